The van der Waals surface area contributed by atoms with Gasteiger partial charge >= 0.3 is 0 Å². The summed E-state index contributed by atoms with van der Waals surface area (Å²) in [4.78, 5) is 5.19. The fourth-order valence-electron chi connectivity index (χ4n) is 11.8. The average Bonchev–Trinajstić information content (AvgIpc) is 4.20. The zero-order valence-electron chi connectivity index (χ0n) is 40.2. The van der Waals surface area contributed by atoms with Gasteiger partial charge in [0.2, 0.25) is 0 Å². The van der Waals surface area contributed by atoms with Crippen molar-refractivity contribution in [2.45, 2.75) is 0 Å². The van der Waals surface area contributed by atoms with Crippen molar-refractivity contribution >= 4 is 98.1 Å². The van der Waals surface area contributed by atoms with Crippen LogP contribution in [0.25, 0.3) is 151 Å². The quantitative estimate of drug-likeness (QED) is 0.140. The molecule has 0 amide bonds. The highest BCUT2D eigenvalue weighted by Crippen LogP contribution is 2.49. The van der Waals surface area contributed by atoms with E-state index in [-0.39, 0.29) is 0 Å². The van der Waals surface area contributed by atoms with Crippen LogP contribution in [0.15, 0.2) is 267 Å². The minimum absolute atomic E-state index is 1.21. The largest absolute Gasteiger partial charge is 0.134 e. The topological polar surface area (TPSA) is 0 Å². The highest BCUT2D eigenvalue weighted by Gasteiger charge is 2.22. The third-order valence-corrected chi connectivity index (χ3v) is 17.7. The lowest BCUT2D eigenvalue weighted by Crippen LogP contribution is -1.94. The highest BCUT2D eigenvalue weighted by atomic mass is 32.1. The number of fused-ring (bicyclic) bond motifs is 7. The van der Waals surface area contributed by atoms with Crippen LogP contribution in [0.2, 0.25) is 0 Å². The molecule has 0 radical (unpaired) electrons. The van der Waals surface area contributed by atoms with E-state index in [0.29, 0.717) is 0 Å². The third kappa shape index (κ3) is 7.10. The van der Waals surface area contributed by atoms with Crippen molar-refractivity contribution in [1.82, 2.24) is 0 Å². The van der Waals surface area contributed by atoms with Gasteiger partial charge in [0, 0.05) is 19.5 Å². The van der Waals surface area contributed by atoms with Crippen LogP contribution in [0.4, 0.5) is 0 Å². The summed E-state index contributed by atoms with van der Waals surface area (Å²) in [6.07, 6.45) is 0. The van der Waals surface area contributed by atoms with E-state index in [2.05, 4.69) is 267 Å². The molecule has 2 heteroatoms. The van der Waals surface area contributed by atoms with E-state index >= 15 is 0 Å². The lowest BCUT2D eigenvalue weighted by atomic mass is 9.82. The summed E-state index contributed by atoms with van der Waals surface area (Å²) in [5.41, 5.74) is 12.4. The van der Waals surface area contributed by atoms with Gasteiger partial charge in [0.15, 0.2) is 0 Å². The van der Waals surface area contributed by atoms with Gasteiger partial charge in [-0.05, 0) is 186 Å². The molecular weight excluding hydrogens is 929 g/mol. The van der Waals surface area contributed by atoms with Crippen LogP contribution >= 0.6 is 22.7 Å². The molecule has 0 aliphatic carbocycles. The van der Waals surface area contributed by atoms with Gasteiger partial charge in [-0.3, -0.25) is 0 Å². The first-order chi connectivity index (χ1) is 36.7. The summed E-state index contributed by atoms with van der Waals surface area (Å²) in [6, 6.07) is 99.6. The predicted octanol–water partition coefficient (Wildman–Crippen LogP) is 21.6. The fourth-order valence-corrected chi connectivity index (χ4v) is 13.9. The second-order valence-electron chi connectivity index (χ2n) is 19.5. The number of hydrogen-bond acceptors (Lipinski definition) is 2. The maximum Gasteiger partial charge on any atom is 0.0449 e. The van der Waals surface area contributed by atoms with Crippen LogP contribution in [0.5, 0.6) is 0 Å². The Morgan fingerprint density at radius 3 is 0.932 bits per heavy atom. The molecule has 0 aliphatic rings. The first-order valence-corrected chi connectivity index (χ1v) is 27.0. The van der Waals surface area contributed by atoms with Gasteiger partial charge in [0.25, 0.3) is 0 Å². The van der Waals surface area contributed by atoms with E-state index in [9.17, 15) is 0 Å². The molecule has 0 spiro atoms. The smallest absolute Gasteiger partial charge is 0.0449 e. The molecule has 0 aliphatic heterocycles. The molecule has 0 saturated heterocycles. The summed E-state index contributed by atoms with van der Waals surface area (Å²) in [6.45, 7) is 0. The van der Waals surface area contributed by atoms with Crippen LogP contribution in [0.1, 0.15) is 0 Å². The van der Waals surface area contributed by atoms with Gasteiger partial charge in [-0.15, -0.1) is 22.7 Å². The molecule has 0 unspecified atom stereocenters. The maximum atomic E-state index is 2.50. The molecule has 15 aromatic rings. The SMILES string of the molecule is c1ccc(-c2ccc(-c3ccc(-c4ccc5cc(-c6c7ccccc7c(-c7ccc8c(-c9ccc%10ccccc%10c9)c9ccccc9c(-c9ccc%10ccccc%10c9)c8c7)c7ccccc67)ccc5c4)s3)s2)cc1. The Morgan fingerprint density at radius 2 is 0.459 bits per heavy atom. The zero-order chi connectivity index (χ0) is 48.7. The van der Waals surface area contributed by atoms with Crippen molar-refractivity contribution in [2.75, 3.05) is 0 Å². The molecule has 0 fully saturated rings. The van der Waals surface area contributed by atoms with E-state index in [4.69, 9.17) is 0 Å². The molecule has 0 nitrogen and oxygen atoms in total. The van der Waals surface area contributed by atoms with Crippen molar-refractivity contribution in [1.29, 1.82) is 0 Å². The summed E-state index contributed by atoms with van der Waals surface area (Å²) >= 11 is 3.73. The minimum atomic E-state index is 1.21. The van der Waals surface area contributed by atoms with Crippen LogP contribution in [0, 0.1) is 0 Å². The molecule has 13 aromatic carbocycles. The molecule has 0 N–H and O–H groups in total. The van der Waals surface area contributed by atoms with Gasteiger partial charge < -0.3 is 0 Å². The molecule has 0 saturated carbocycles. The Morgan fingerprint density at radius 1 is 0.162 bits per heavy atom. The monoisotopic (exact) mass is 972 g/mol. The Labute approximate surface area is 437 Å². The molecule has 344 valence electrons. The first-order valence-electron chi connectivity index (χ1n) is 25.4. The van der Waals surface area contributed by atoms with E-state index in [1.165, 1.54) is 151 Å². The van der Waals surface area contributed by atoms with Gasteiger partial charge in [-0.2, -0.15) is 0 Å². The summed E-state index contributed by atoms with van der Waals surface area (Å²) in [7, 11) is 0. The number of benzene rings is 13. The Kier molecular flexibility index (Phi) is 10.0. The van der Waals surface area contributed by atoms with Crippen LogP contribution < -0.4 is 0 Å². The third-order valence-electron chi connectivity index (χ3n) is 15.2. The summed E-state index contributed by atoms with van der Waals surface area (Å²) < 4.78 is 0. The molecule has 2 aromatic heterocycles. The molecule has 0 bridgehead atoms. The Balaban J connectivity index is 0.889. The molecule has 0 atom stereocenters. The van der Waals surface area contributed by atoms with Crippen LogP contribution in [-0.4, -0.2) is 0 Å². The number of hydrogen-bond donors (Lipinski definition) is 0. The zero-order valence-corrected chi connectivity index (χ0v) is 41.9. The van der Waals surface area contributed by atoms with Crippen molar-refractivity contribution in [3.8, 4) is 75.1 Å². The molecule has 15 rings (SSSR count). The highest BCUT2D eigenvalue weighted by molar-refractivity contribution is 7.25. The minimum Gasteiger partial charge on any atom is -0.134 e. The summed E-state index contributed by atoms with van der Waals surface area (Å²) in [5, 5.41) is 17.4. The van der Waals surface area contributed by atoms with Gasteiger partial charge in [0.05, 0.1) is 0 Å². The van der Waals surface area contributed by atoms with Crippen LogP contribution in [-0.2, 0) is 0 Å². The maximum absolute atomic E-state index is 2.50. The number of rotatable bonds is 7. The first kappa shape index (κ1) is 42.7. The standard InChI is InChI=1S/C72H44S2/c1-2-16-47(17-3-1)65-36-38-67(73-65)68-39-37-66(74-68)52-30-28-51-43-54(33-29-50(51)40-52)69-57-20-8-10-22-59(57)71(60-23-11-9-21-58(60)69)56-34-35-63-64(44-56)72(55-32-27-46-15-5-7-19-49(46)42-55)62-25-13-12-24-61(62)70(63)53-31-26-45-14-4-6-18-48(45)41-53/h1-44H. The fraction of sp³-hybridized carbons (Fsp3) is 0. The molecule has 74 heavy (non-hydrogen) atoms. The van der Waals surface area contributed by atoms with Gasteiger partial charge in [-0.1, -0.05) is 212 Å². The van der Waals surface area contributed by atoms with Crippen LogP contribution in [0.3, 0.4) is 0 Å². The van der Waals surface area contributed by atoms with Gasteiger partial charge in [-0.25, -0.2) is 0 Å². The number of thiophene rings is 2. The lowest BCUT2D eigenvalue weighted by Gasteiger charge is -2.21. The van der Waals surface area contributed by atoms with E-state index < -0.39 is 0 Å². The summed E-state index contributed by atoms with van der Waals surface area (Å²) in [5.74, 6) is 0. The van der Waals surface area contributed by atoms with E-state index in [0.717, 1.165) is 0 Å². The van der Waals surface area contributed by atoms with E-state index in [1.54, 1.807) is 0 Å². The normalized spacial score (nSPS) is 11.8. The molecule has 2 heterocycles. The van der Waals surface area contributed by atoms with Crippen molar-refractivity contribution < 1.29 is 0 Å². The second-order valence-corrected chi connectivity index (χ2v) is 21.7. The van der Waals surface area contributed by atoms with Gasteiger partial charge in [0.1, 0.15) is 0 Å². The van der Waals surface area contributed by atoms with Crippen molar-refractivity contribution in [2.24, 2.45) is 0 Å². The van der Waals surface area contributed by atoms with E-state index in [1.807, 2.05) is 22.7 Å². The Bertz CT molecular complexity index is 4670. The molecular formula is C72H44S2. The average molecular weight is 973 g/mol. The van der Waals surface area contributed by atoms with Crippen molar-refractivity contribution in [3.05, 3.63) is 267 Å². The predicted molar refractivity (Wildman–Crippen MR) is 323 cm³/mol. The lowest BCUT2D eigenvalue weighted by molar-refractivity contribution is 1.66. The Hall–Kier alpha value is -8.92. The second kappa shape index (κ2) is 17.4. The van der Waals surface area contributed by atoms with Crippen molar-refractivity contribution in [3.63, 3.8) is 0 Å².